The molecule has 1 fully saturated rings. The lowest BCUT2D eigenvalue weighted by atomic mass is 10.3. The van der Waals surface area contributed by atoms with E-state index in [0.29, 0.717) is 23.2 Å². The molecule has 2 aromatic heterocycles. The van der Waals surface area contributed by atoms with Crippen LogP contribution in [0.3, 0.4) is 0 Å². The van der Waals surface area contributed by atoms with E-state index < -0.39 is 0 Å². The van der Waals surface area contributed by atoms with Crippen molar-refractivity contribution in [2.75, 3.05) is 25.5 Å². The van der Waals surface area contributed by atoms with Crippen LogP contribution < -0.4 is 15.4 Å². The summed E-state index contributed by atoms with van der Waals surface area (Å²) in [5.41, 5.74) is 2.22. The fourth-order valence-electron chi connectivity index (χ4n) is 2.66. The van der Waals surface area contributed by atoms with Crippen LogP contribution in [0.25, 0.3) is 16.9 Å². The summed E-state index contributed by atoms with van der Waals surface area (Å²) >= 11 is 0. The Morgan fingerprint density at radius 2 is 2.12 bits per heavy atom. The summed E-state index contributed by atoms with van der Waals surface area (Å²) in [5.74, 6) is 1.40. The molecule has 24 heavy (non-hydrogen) atoms. The summed E-state index contributed by atoms with van der Waals surface area (Å²) in [6.07, 6.45) is 2.76. The average Bonchev–Trinajstić information content (AvgIpc) is 3.24. The number of hydrogen-bond donors (Lipinski definition) is 2. The van der Waals surface area contributed by atoms with Gasteiger partial charge in [-0.05, 0) is 37.2 Å². The Balaban J connectivity index is 0.00000169. The van der Waals surface area contributed by atoms with Gasteiger partial charge in [0.05, 0.1) is 19.0 Å². The molecule has 1 atom stereocenters. The van der Waals surface area contributed by atoms with E-state index in [1.807, 2.05) is 24.3 Å². The van der Waals surface area contributed by atoms with Gasteiger partial charge < -0.3 is 15.4 Å². The van der Waals surface area contributed by atoms with Crippen molar-refractivity contribution in [3.8, 4) is 11.4 Å². The molecule has 4 rings (SSSR count). The van der Waals surface area contributed by atoms with Gasteiger partial charge in [-0.3, -0.25) is 0 Å². The second kappa shape index (κ2) is 6.98. The van der Waals surface area contributed by atoms with Gasteiger partial charge in [0, 0.05) is 12.6 Å². The van der Waals surface area contributed by atoms with E-state index in [0.717, 1.165) is 30.9 Å². The first-order chi connectivity index (χ1) is 11.3. The molecule has 0 amide bonds. The third-order valence-corrected chi connectivity index (χ3v) is 3.90. The summed E-state index contributed by atoms with van der Waals surface area (Å²) in [4.78, 5) is 8.89. The molecule has 2 N–H and O–H groups in total. The van der Waals surface area contributed by atoms with Crippen molar-refractivity contribution in [2.45, 2.75) is 12.5 Å². The van der Waals surface area contributed by atoms with Crippen LogP contribution in [-0.2, 0) is 0 Å². The highest BCUT2D eigenvalue weighted by Gasteiger charge is 2.16. The van der Waals surface area contributed by atoms with Crippen LogP contribution >= 0.6 is 12.4 Å². The average molecular weight is 348 g/mol. The topological polar surface area (TPSA) is 89.8 Å². The number of nitrogens with zero attached hydrogens (tertiary/aromatic N) is 5. The molecule has 0 spiro atoms. The van der Waals surface area contributed by atoms with E-state index in [9.17, 15) is 0 Å². The number of ether oxygens (including phenoxy) is 1. The Morgan fingerprint density at radius 3 is 2.83 bits per heavy atom. The highest BCUT2D eigenvalue weighted by molar-refractivity contribution is 5.85. The third-order valence-electron chi connectivity index (χ3n) is 3.90. The molecule has 8 nitrogen and oxygen atoms in total. The molecule has 1 aliphatic rings. The maximum atomic E-state index is 5.18. The normalized spacial score (nSPS) is 16.8. The number of rotatable bonds is 4. The highest BCUT2D eigenvalue weighted by atomic mass is 35.5. The van der Waals surface area contributed by atoms with Crippen molar-refractivity contribution in [2.24, 2.45) is 0 Å². The molecule has 1 saturated heterocycles. The minimum atomic E-state index is 0. The molecule has 1 aromatic carbocycles. The predicted molar refractivity (Wildman–Crippen MR) is 93.2 cm³/mol. The third kappa shape index (κ3) is 3.10. The van der Waals surface area contributed by atoms with Gasteiger partial charge in [-0.15, -0.1) is 17.5 Å². The lowest BCUT2D eigenvalue weighted by Gasteiger charge is -2.10. The number of benzene rings is 1. The molecule has 3 aromatic rings. The minimum Gasteiger partial charge on any atom is -0.497 e. The molecule has 1 aliphatic heterocycles. The van der Waals surface area contributed by atoms with Crippen molar-refractivity contribution >= 4 is 29.5 Å². The Morgan fingerprint density at radius 1 is 1.29 bits per heavy atom. The molecule has 9 heteroatoms. The van der Waals surface area contributed by atoms with Crippen molar-refractivity contribution in [3.05, 3.63) is 30.5 Å². The first kappa shape index (κ1) is 16.4. The van der Waals surface area contributed by atoms with Crippen LogP contribution in [0.2, 0.25) is 0 Å². The van der Waals surface area contributed by atoms with Gasteiger partial charge in [-0.1, -0.05) is 5.21 Å². The van der Waals surface area contributed by atoms with Crippen LogP contribution in [0.4, 0.5) is 5.95 Å². The minimum absolute atomic E-state index is 0. The van der Waals surface area contributed by atoms with Crippen LogP contribution in [0.5, 0.6) is 5.75 Å². The summed E-state index contributed by atoms with van der Waals surface area (Å²) < 4.78 is 6.88. The summed E-state index contributed by atoms with van der Waals surface area (Å²) in [7, 11) is 1.64. The van der Waals surface area contributed by atoms with Gasteiger partial charge in [0.1, 0.15) is 5.75 Å². The molecule has 1 unspecified atom stereocenters. The second-order valence-corrected chi connectivity index (χ2v) is 5.44. The van der Waals surface area contributed by atoms with E-state index in [1.165, 1.54) is 0 Å². The number of methoxy groups -OCH3 is 1. The van der Waals surface area contributed by atoms with E-state index in [1.54, 1.807) is 18.0 Å². The van der Waals surface area contributed by atoms with Gasteiger partial charge >= 0.3 is 0 Å². The summed E-state index contributed by atoms with van der Waals surface area (Å²) in [6, 6.07) is 7.96. The predicted octanol–water partition coefficient (Wildman–Crippen LogP) is 1.41. The number of hydrogen-bond acceptors (Lipinski definition) is 7. The van der Waals surface area contributed by atoms with Crippen LogP contribution in [0, 0.1) is 0 Å². The number of aromatic nitrogens is 5. The maximum Gasteiger partial charge on any atom is 0.225 e. The quantitative estimate of drug-likeness (QED) is 0.737. The Labute approximate surface area is 145 Å². The molecular formula is C15H18ClN7O. The summed E-state index contributed by atoms with van der Waals surface area (Å²) in [6.45, 7) is 1.95. The number of nitrogens with one attached hydrogen (secondary N) is 2. The Kier molecular flexibility index (Phi) is 4.77. The number of fused-ring (bicyclic) bond motifs is 1. The van der Waals surface area contributed by atoms with Crippen molar-refractivity contribution in [3.63, 3.8) is 0 Å². The standard InChI is InChI=1S/C15H17N7O.ClH/c1-23-12-4-2-11(3-5-12)22-14-13(20-21-22)9-17-15(19-14)18-10-6-7-16-8-10;/h2-5,9-10,16H,6-8H2,1H3,(H,17,18,19);1H. The highest BCUT2D eigenvalue weighted by Crippen LogP contribution is 2.18. The molecule has 126 valence electrons. The lowest BCUT2D eigenvalue weighted by molar-refractivity contribution is 0.414. The zero-order chi connectivity index (χ0) is 15.6. The van der Waals surface area contributed by atoms with E-state index in [2.05, 4.69) is 30.9 Å². The fraction of sp³-hybridized carbons (Fsp3) is 0.333. The maximum absolute atomic E-state index is 5.18. The first-order valence-corrected chi connectivity index (χ1v) is 7.53. The van der Waals surface area contributed by atoms with Gasteiger partial charge in [0.25, 0.3) is 0 Å². The SMILES string of the molecule is COc1ccc(-n2nnc3cnc(NC4CCNC4)nc32)cc1.Cl. The van der Waals surface area contributed by atoms with Crippen molar-refractivity contribution in [1.29, 1.82) is 0 Å². The number of anilines is 1. The number of halogens is 1. The summed E-state index contributed by atoms with van der Waals surface area (Å²) in [5, 5.41) is 15.0. The van der Waals surface area contributed by atoms with Gasteiger partial charge in [0.15, 0.2) is 11.2 Å². The van der Waals surface area contributed by atoms with Gasteiger partial charge in [-0.25, -0.2) is 4.98 Å². The smallest absolute Gasteiger partial charge is 0.225 e. The van der Waals surface area contributed by atoms with Crippen molar-refractivity contribution < 1.29 is 4.74 Å². The monoisotopic (exact) mass is 347 g/mol. The molecule has 3 heterocycles. The fourth-order valence-corrected chi connectivity index (χ4v) is 2.66. The molecular weight excluding hydrogens is 330 g/mol. The largest absolute Gasteiger partial charge is 0.497 e. The lowest BCUT2D eigenvalue weighted by Crippen LogP contribution is -2.23. The van der Waals surface area contributed by atoms with Crippen LogP contribution in [0.15, 0.2) is 30.5 Å². The second-order valence-electron chi connectivity index (χ2n) is 5.44. The molecule has 0 aliphatic carbocycles. The molecule has 0 radical (unpaired) electrons. The molecule has 0 saturated carbocycles. The van der Waals surface area contributed by atoms with E-state index in [4.69, 9.17) is 4.74 Å². The van der Waals surface area contributed by atoms with Crippen LogP contribution in [0.1, 0.15) is 6.42 Å². The van der Waals surface area contributed by atoms with Crippen LogP contribution in [-0.4, -0.2) is 51.2 Å². The first-order valence-electron chi connectivity index (χ1n) is 7.53. The van der Waals surface area contributed by atoms with Crippen molar-refractivity contribution in [1.82, 2.24) is 30.3 Å². The zero-order valence-electron chi connectivity index (χ0n) is 13.1. The van der Waals surface area contributed by atoms with E-state index >= 15 is 0 Å². The Hall–Kier alpha value is -2.45. The van der Waals surface area contributed by atoms with E-state index in [-0.39, 0.29) is 12.4 Å². The zero-order valence-corrected chi connectivity index (χ0v) is 14.0. The van der Waals surface area contributed by atoms with Gasteiger partial charge in [-0.2, -0.15) is 9.67 Å². The van der Waals surface area contributed by atoms with Gasteiger partial charge in [0.2, 0.25) is 5.95 Å². The molecule has 0 bridgehead atoms. The Bertz CT molecular complexity index is 814.